The number of aromatic nitrogens is 8. The van der Waals surface area contributed by atoms with Crippen molar-refractivity contribution in [3.8, 4) is 0 Å². The number of imidazole rings is 4. The summed E-state index contributed by atoms with van der Waals surface area (Å²) in [6, 6.07) is 57.6. The summed E-state index contributed by atoms with van der Waals surface area (Å²) in [5.41, 5.74) is 21.8. The second kappa shape index (κ2) is 29.0. The van der Waals surface area contributed by atoms with Crippen molar-refractivity contribution in [1.29, 1.82) is 0 Å². The van der Waals surface area contributed by atoms with Crippen molar-refractivity contribution in [3.05, 3.63) is 267 Å². The Morgan fingerprint density at radius 2 is 0.626 bits per heavy atom. The van der Waals surface area contributed by atoms with E-state index in [1.807, 2.05) is 158 Å². The number of carbonyl (C=O) groups excluding carboxylic acids is 4. The molecule has 12 N–H and O–H groups in total. The number of aromatic amines is 4. The van der Waals surface area contributed by atoms with Crippen LogP contribution in [0.1, 0.15) is 119 Å². The summed E-state index contributed by atoms with van der Waals surface area (Å²) in [5.74, 6) is 1.39. The summed E-state index contributed by atoms with van der Waals surface area (Å²) in [7, 11) is 0. The Bertz CT molecular complexity index is 5520. The van der Waals surface area contributed by atoms with Gasteiger partial charge in [0.1, 0.15) is 34.5 Å². The van der Waals surface area contributed by atoms with E-state index < -0.39 is 17.7 Å². The van der Waals surface area contributed by atoms with Crippen LogP contribution in [0, 0.1) is 11.6 Å². The molecule has 7 aliphatic rings. The number of anilines is 5. The predicted octanol–water partition coefficient (Wildman–Crippen LogP) is 15.2. The molecule has 8 amide bonds. The molecular weight excluding hydrogens is 1360 g/mol. The van der Waals surface area contributed by atoms with Gasteiger partial charge in [-0.15, -0.1) is 0 Å². The monoisotopic (exact) mass is 1420 g/mol. The number of aliphatic imine (C=N–C) groups is 4. The fourth-order valence-electron chi connectivity index (χ4n) is 13.6. The number of para-hydroxylation sites is 8. The van der Waals surface area contributed by atoms with Gasteiger partial charge < -0.3 is 62.5 Å². The number of hydrogen-bond donors (Lipinski definition) is 12. The van der Waals surface area contributed by atoms with E-state index in [9.17, 15) is 28.0 Å². The maximum Gasteiger partial charge on any atom is 0.323 e. The van der Waals surface area contributed by atoms with Gasteiger partial charge in [-0.25, -0.2) is 47.9 Å². The maximum atomic E-state index is 13.7. The van der Waals surface area contributed by atoms with Gasteiger partial charge in [-0.3, -0.25) is 20.0 Å². The Labute approximate surface area is 610 Å². The van der Waals surface area contributed by atoms with Crippen LogP contribution in [0.15, 0.2) is 208 Å². The van der Waals surface area contributed by atoms with E-state index in [0.717, 1.165) is 191 Å². The van der Waals surface area contributed by atoms with E-state index in [-0.39, 0.29) is 23.8 Å². The molecule has 107 heavy (non-hydrogen) atoms. The zero-order valence-electron chi connectivity index (χ0n) is 57.6. The van der Waals surface area contributed by atoms with Gasteiger partial charge in [0, 0.05) is 69.2 Å². The van der Waals surface area contributed by atoms with E-state index in [2.05, 4.69) is 102 Å². The highest BCUT2D eigenvalue weighted by Crippen LogP contribution is 2.33. The number of fused-ring (bicyclic) bond motifs is 8. The topological polar surface area (TPSA) is 329 Å². The van der Waals surface area contributed by atoms with Crippen LogP contribution in [0.2, 0.25) is 0 Å². The van der Waals surface area contributed by atoms with Crippen molar-refractivity contribution in [2.45, 2.75) is 95.7 Å². The van der Waals surface area contributed by atoms with Crippen LogP contribution < -0.4 is 42.5 Å². The molecular formula is C81H70F2N20O4. The number of amides is 8. The van der Waals surface area contributed by atoms with Gasteiger partial charge in [-0.1, -0.05) is 85.6 Å². The van der Waals surface area contributed by atoms with E-state index in [4.69, 9.17) is 0 Å². The van der Waals surface area contributed by atoms with Crippen LogP contribution in [0.3, 0.4) is 0 Å². The summed E-state index contributed by atoms with van der Waals surface area (Å²) < 4.78 is 26.8. The molecule has 3 aliphatic carbocycles. The van der Waals surface area contributed by atoms with Crippen LogP contribution in [-0.4, -0.2) is 105 Å². The van der Waals surface area contributed by atoms with Gasteiger partial charge in [0.25, 0.3) is 0 Å². The molecule has 4 aromatic heterocycles. The predicted molar refractivity (Wildman–Crippen MR) is 411 cm³/mol. The number of halogens is 2. The number of benzene rings is 9. The third-order valence-electron chi connectivity index (χ3n) is 19.3. The highest BCUT2D eigenvalue weighted by molar-refractivity contribution is 6.17. The molecule has 9 aromatic carbocycles. The lowest BCUT2D eigenvalue weighted by Crippen LogP contribution is -2.36. The highest BCUT2D eigenvalue weighted by atomic mass is 19.1. The van der Waals surface area contributed by atoms with E-state index >= 15 is 0 Å². The number of nitrogens with one attached hydrogen (secondary N) is 12. The SMILES string of the molecule is O=C(Nc1ccc2c(c1)C(c1nc3ccccc3[nH]1)=NC2)NC1CC1.O=C(Nc1ccc2c(c1)C(c1nc3ccccc3[nH]1)=NC2)NC1CC1.O=C(Nc1ccc2c(c1)C(c1nc3ccccc3[nH]1)=NC2)NC1CCCC1.O=C(Nc1ccc2c(c1)C(c1nc3ccccc3[nH]1)=NC2)Nc1ccc(F)cc1F. The highest BCUT2D eigenvalue weighted by Gasteiger charge is 2.29. The number of rotatable bonds is 12. The van der Waals surface area contributed by atoms with Crippen molar-refractivity contribution < 1.29 is 28.0 Å². The number of H-pyrrole nitrogens is 4. The van der Waals surface area contributed by atoms with Gasteiger partial charge in [-0.2, -0.15) is 0 Å². The Kier molecular flexibility index (Phi) is 18.1. The lowest BCUT2D eigenvalue weighted by Gasteiger charge is -2.13. The molecule has 24 nitrogen and oxygen atoms in total. The minimum absolute atomic E-state index is 0.111. The fraction of sp³-hybridized carbons (Fsp3) is 0.185. The summed E-state index contributed by atoms with van der Waals surface area (Å²) in [6.07, 6.45) is 8.81. The lowest BCUT2D eigenvalue weighted by molar-refractivity contribution is 0.248. The van der Waals surface area contributed by atoms with Crippen molar-refractivity contribution in [3.63, 3.8) is 0 Å². The number of nitrogens with zero attached hydrogens (tertiary/aromatic N) is 8. The minimum Gasteiger partial charge on any atom is -0.337 e. The average molecular weight is 1430 g/mol. The summed E-state index contributed by atoms with van der Waals surface area (Å²) in [5, 5.41) is 22.7. The van der Waals surface area contributed by atoms with Crippen LogP contribution >= 0.6 is 0 Å². The van der Waals surface area contributed by atoms with Gasteiger partial charge in [-0.05, 0) is 170 Å². The molecule has 0 radical (unpaired) electrons. The third-order valence-corrected chi connectivity index (χ3v) is 19.3. The molecule has 13 aromatic rings. The fourth-order valence-corrected chi connectivity index (χ4v) is 13.6. The molecule has 0 saturated heterocycles. The minimum atomic E-state index is -0.849. The molecule has 26 heteroatoms. The summed E-state index contributed by atoms with van der Waals surface area (Å²) in [4.78, 5) is 98.8. The van der Waals surface area contributed by atoms with Crippen LogP contribution in [0.4, 0.5) is 56.4 Å². The van der Waals surface area contributed by atoms with Crippen LogP contribution in [-0.2, 0) is 26.2 Å². The first-order valence-corrected chi connectivity index (χ1v) is 35.6. The molecule has 0 spiro atoms. The van der Waals surface area contributed by atoms with Gasteiger partial charge in [0.05, 0.1) is 76.0 Å². The van der Waals surface area contributed by atoms with Crippen molar-refractivity contribution in [1.82, 2.24) is 55.8 Å². The standard InChI is InChI=1S/C22H15F2N5O.C21H21N5O.2C19H17N5O/c23-13-6-8-17(16(24)9-13)29-22(30)26-14-7-5-12-11-25-20(15(12)10-14)21-27-18-3-1-2-4-19(18)28-21;27-21(23-14-5-1-2-6-14)24-15-10-9-13-12-22-19(16(13)11-15)20-25-17-7-3-4-8-18(17)26-20;2*25-19(21-12-7-8-12)22-13-6-5-11-10-20-17(14(11)9-13)18-23-15-3-1-2-4-16(15)24-18/h1-10H,11H2,(H,27,28)(H2,26,29,30);3-4,7-11,14H,1-2,5-6,12H2,(H,25,26)(H2,23,24,27);2*1-6,9,12H,7-8,10H2,(H,23,24)(H2,21,22,25). The number of urea groups is 4. The Morgan fingerprint density at radius 1 is 0.327 bits per heavy atom. The van der Waals surface area contributed by atoms with Gasteiger partial charge in [0.15, 0.2) is 23.3 Å². The maximum absolute atomic E-state index is 13.7. The Balaban J connectivity index is 0.000000105. The van der Waals surface area contributed by atoms with E-state index in [0.29, 0.717) is 61.9 Å². The third kappa shape index (κ3) is 15.0. The van der Waals surface area contributed by atoms with Gasteiger partial charge >= 0.3 is 24.1 Å². The second-order valence-electron chi connectivity index (χ2n) is 27.1. The van der Waals surface area contributed by atoms with Crippen LogP contribution in [0.25, 0.3) is 44.1 Å². The first kappa shape index (κ1) is 66.7. The molecule has 4 aliphatic heterocycles. The van der Waals surface area contributed by atoms with E-state index in [1.165, 1.54) is 18.9 Å². The molecule has 20 rings (SSSR count). The van der Waals surface area contributed by atoms with Crippen molar-refractivity contribution in [2.24, 2.45) is 20.0 Å². The zero-order chi connectivity index (χ0) is 72.5. The summed E-state index contributed by atoms with van der Waals surface area (Å²) >= 11 is 0. The van der Waals surface area contributed by atoms with Gasteiger partial charge in [0.2, 0.25) is 0 Å². The molecule has 0 bridgehead atoms. The largest absolute Gasteiger partial charge is 0.337 e. The molecule has 0 atom stereocenters. The van der Waals surface area contributed by atoms with Crippen molar-refractivity contribution >= 4 is 120 Å². The first-order valence-electron chi connectivity index (χ1n) is 35.6. The first-order chi connectivity index (χ1) is 52.3. The Morgan fingerprint density at radius 3 is 0.925 bits per heavy atom. The van der Waals surface area contributed by atoms with Crippen molar-refractivity contribution in [2.75, 3.05) is 26.6 Å². The molecule has 532 valence electrons. The van der Waals surface area contributed by atoms with E-state index in [1.54, 1.807) is 12.1 Å². The lowest BCUT2D eigenvalue weighted by atomic mass is 10.0. The molecule has 3 fully saturated rings. The number of carbonyl (C=O) groups is 4. The quantitative estimate of drug-likeness (QED) is 0.0556. The second-order valence-corrected chi connectivity index (χ2v) is 27.1. The number of hydrogen-bond acceptors (Lipinski definition) is 12. The molecule has 3 saturated carbocycles. The molecule has 8 heterocycles. The Hall–Kier alpha value is -13.5. The van der Waals surface area contributed by atoms with Crippen LogP contribution in [0.5, 0.6) is 0 Å². The zero-order valence-corrected chi connectivity index (χ0v) is 57.6. The average Bonchev–Trinajstić information content (AvgIpc) is 1.65. The normalized spacial score (nSPS) is 15.0. The smallest absolute Gasteiger partial charge is 0.323 e. The molecule has 0 unspecified atom stereocenters. The summed E-state index contributed by atoms with van der Waals surface area (Å²) in [6.45, 7) is 2.43.